The molecule has 0 aliphatic carbocycles. The Kier molecular flexibility index (Phi) is 7.33. The third-order valence-electron chi connectivity index (χ3n) is 3.50. The van der Waals surface area contributed by atoms with Crippen LogP contribution in [-0.4, -0.2) is 18.2 Å². The summed E-state index contributed by atoms with van der Waals surface area (Å²) in [5, 5.41) is 0.164. The van der Waals surface area contributed by atoms with E-state index in [-0.39, 0.29) is 30.1 Å². The molecule has 0 N–H and O–H groups in total. The molecule has 148 valence electrons. The minimum Gasteiger partial charge on any atom is -0.309 e. The Morgan fingerprint density at radius 2 is 1.70 bits per heavy atom. The van der Waals surface area contributed by atoms with Crippen LogP contribution in [0.25, 0.3) is 11.3 Å². The van der Waals surface area contributed by atoms with Gasteiger partial charge in [0.05, 0.1) is 35.7 Å². The number of pyridine rings is 1. The summed E-state index contributed by atoms with van der Waals surface area (Å²) in [6.45, 7) is 3.77. The first-order valence-corrected chi connectivity index (χ1v) is 10.5. The Labute approximate surface area is 165 Å². The molecule has 0 fully saturated rings. The summed E-state index contributed by atoms with van der Waals surface area (Å²) >= 11 is 12.2. The molecule has 0 spiro atoms. The Balaban J connectivity index is 2.41. The van der Waals surface area contributed by atoms with Crippen molar-refractivity contribution in [2.24, 2.45) is 0 Å². The molecule has 1 aromatic heterocycles. The first-order chi connectivity index (χ1) is 12.6. The van der Waals surface area contributed by atoms with Crippen LogP contribution >= 0.6 is 30.8 Å². The maximum atomic E-state index is 12.8. The third-order valence-corrected chi connectivity index (χ3v) is 6.19. The molecule has 0 unspecified atom stereocenters. The average molecular weight is 442 g/mol. The Hall–Kier alpha value is -1.11. The van der Waals surface area contributed by atoms with Gasteiger partial charge in [-0.25, -0.2) is 0 Å². The van der Waals surface area contributed by atoms with E-state index in [0.29, 0.717) is 22.3 Å². The molecule has 0 aliphatic heterocycles. The van der Waals surface area contributed by atoms with E-state index in [9.17, 15) is 17.7 Å². The van der Waals surface area contributed by atoms with E-state index in [1.54, 1.807) is 26.0 Å². The van der Waals surface area contributed by atoms with Gasteiger partial charge in [-0.3, -0.25) is 9.55 Å². The van der Waals surface area contributed by atoms with Crippen LogP contribution in [0.1, 0.15) is 25.0 Å². The summed E-state index contributed by atoms with van der Waals surface area (Å²) in [5.41, 5.74) is 0.109. The summed E-state index contributed by atoms with van der Waals surface area (Å²) in [6, 6.07) is 5.47. The maximum absolute atomic E-state index is 12.8. The minimum absolute atomic E-state index is 0.0837. The molecular weight excluding hydrogens is 425 g/mol. The van der Waals surface area contributed by atoms with Gasteiger partial charge in [0.25, 0.3) is 0 Å². The monoisotopic (exact) mass is 441 g/mol. The Morgan fingerprint density at radius 1 is 1.07 bits per heavy atom. The van der Waals surface area contributed by atoms with Crippen molar-refractivity contribution in [1.82, 2.24) is 4.98 Å². The molecule has 2 aromatic rings. The zero-order valence-electron chi connectivity index (χ0n) is 14.5. The highest BCUT2D eigenvalue weighted by Crippen LogP contribution is 2.52. The summed E-state index contributed by atoms with van der Waals surface area (Å²) in [5.74, 6) is 0. The van der Waals surface area contributed by atoms with Gasteiger partial charge in [0.15, 0.2) is 0 Å². The van der Waals surface area contributed by atoms with Gasteiger partial charge in [0.2, 0.25) is 0 Å². The molecule has 27 heavy (non-hydrogen) atoms. The van der Waals surface area contributed by atoms with Crippen molar-refractivity contribution in [3.8, 4) is 11.3 Å². The van der Waals surface area contributed by atoms with Gasteiger partial charge in [0, 0.05) is 16.8 Å². The van der Waals surface area contributed by atoms with E-state index in [1.807, 2.05) is 0 Å². The predicted molar refractivity (Wildman–Crippen MR) is 99.3 cm³/mol. The van der Waals surface area contributed by atoms with Crippen LogP contribution in [0, 0.1) is 0 Å². The van der Waals surface area contributed by atoms with Crippen molar-refractivity contribution < 1.29 is 26.8 Å². The van der Waals surface area contributed by atoms with E-state index in [2.05, 4.69) is 4.98 Å². The van der Waals surface area contributed by atoms with Crippen LogP contribution in [0.4, 0.5) is 13.2 Å². The fourth-order valence-electron chi connectivity index (χ4n) is 2.38. The average Bonchev–Trinajstić information content (AvgIpc) is 2.56. The standard InChI is InChI=1S/C17H17Cl2F3NO3P/c1-3-25-27(24,26-4-2)10-12-7-11(5-6-14(12)18)16-15(19)8-13(9-23-16)17(20,21)22/h5-9H,3-4,10H2,1-2H3. The number of nitrogens with zero attached hydrogens (tertiary/aromatic N) is 1. The van der Waals surface area contributed by atoms with Crippen molar-refractivity contribution in [2.45, 2.75) is 26.2 Å². The molecule has 0 aliphatic rings. The number of hydrogen-bond acceptors (Lipinski definition) is 4. The molecule has 0 atom stereocenters. The highest BCUT2D eigenvalue weighted by Gasteiger charge is 2.32. The van der Waals surface area contributed by atoms with E-state index < -0.39 is 19.3 Å². The molecule has 1 heterocycles. The van der Waals surface area contributed by atoms with E-state index in [1.165, 1.54) is 6.07 Å². The Bertz CT molecular complexity index is 852. The van der Waals surface area contributed by atoms with Crippen LogP contribution < -0.4 is 0 Å². The normalized spacial score (nSPS) is 12.4. The second kappa shape index (κ2) is 8.93. The summed E-state index contributed by atoms with van der Waals surface area (Å²) in [6.07, 6.45) is -3.91. The number of halogens is 5. The number of rotatable bonds is 7. The first kappa shape index (κ1) is 22.2. The van der Waals surface area contributed by atoms with Crippen LogP contribution in [0.2, 0.25) is 10.0 Å². The van der Waals surface area contributed by atoms with Crippen molar-refractivity contribution >= 4 is 30.8 Å². The smallest absolute Gasteiger partial charge is 0.309 e. The lowest BCUT2D eigenvalue weighted by Crippen LogP contribution is -2.06. The van der Waals surface area contributed by atoms with Crippen molar-refractivity contribution in [1.29, 1.82) is 0 Å². The summed E-state index contributed by atoms with van der Waals surface area (Å²) in [7, 11) is -3.41. The number of hydrogen-bond donors (Lipinski definition) is 0. The number of benzene rings is 1. The largest absolute Gasteiger partial charge is 0.417 e. The molecule has 4 nitrogen and oxygen atoms in total. The van der Waals surface area contributed by atoms with Crippen molar-refractivity contribution in [2.75, 3.05) is 13.2 Å². The first-order valence-electron chi connectivity index (χ1n) is 7.99. The quantitative estimate of drug-likeness (QED) is 0.441. The second-order valence-electron chi connectivity index (χ2n) is 5.46. The highest BCUT2D eigenvalue weighted by atomic mass is 35.5. The molecule has 0 amide bonds. The lowest BCUT2D eigenvalue weighted by Gasteiger charge is -2.18. The molecular formula is C17H17Cl2F3NO3P. The Morgan fingerprint density at radius 3 is 2.22 bits per heavy atom. The van der Waals surface area contributed by atoms with Crippen LogP contribution in [0.15, 0.2) is 30.5 Å². The second-order valence-corrected chi connectivity index (χ2v) is 8.33. The van der Waals surface area contributed by atoms with Gasteiger partial charge in [-0.05, 0) is 37.6 Å². The molecule has 0 saturated heterocycles. The van der Waals surface area contributed by atoms with Crippen molar-refractivity contribution in [3.05, 3.63) is 51.6 Å². The molecule has 0 radical (unpaired) electrons. The van der Waals surface area contributed by atoms with Crippen molar-refractivity contribution in [3.63, 3.8) is 0 Å². The number of aromatic nitrogens is 1. The summed E-state index contributed by atoms with van der Waals surface area (Å²) < 4.78 is 61.6. The molecule has 2 rings (SSSR count). The molecule has 0 saturated carbocycles. The van der Waals surface area contributed by atoms with Crippen LogP contribution in [-0.2, 0) is 26.0 Å². The SMILES string of the molecule is CCOP(=O)(Cc1cc(-c2ncc(C(F)(F)F)cc2Cl)ccc1Cl)OCC. The van der Waals surface area contributed by atoms with E-state index in [0.717, 1.165) is 6.07 Å². The lowest BCUT2D eigenvalue weighted by atomic mass is 10.1. The van der Waals surface area contributed by atoms with Gasteiger partial charge in [-0.2, -0.15) is 13.2 Å². The zero-order valence-corrected chi connectivity index (χ0v) is 16.9. The van der Waals surface area contributed by atoms with Gasteiger partial charge in [0.1, 0.15) is 0 Å². The highest BCUT2D eigenvalue weighted by molar-refractivity contribution is 7.53. The molecule has 0 bridgehead atoms. The van der Waals surface area contributed by atoms with Gasteiger partial charge >= 0.3 is 13.8 Å². The predicted octanol–water partition coefficient (Wildman–Crippen LogP) is 6.84. The topological polar surface area (TPSA) is 48.4 Å². The molecule has 1 aromatic carbocycles. The van der Waals surface area contributed by atoms with Gasteiger partial charge in [-0.15, -0.1) is 0 Å². The zero-order chi connectivity index (χ0) is 20.2. The summed E-state index contributed by atoms with van der Waals surface area (Å²) in [4.78, 5) is 3.83. The fraction of sp³-hybridized carbons (Fsp3) is 0.353. The molecule has 10 heteroatoms. The van der Waals surface area contributed by atoms with Gasteiger partial charge < -0.3 is 9.05 Å². The lowest BCUT2D eigenvalue weighted by molar-refractivity contribution is -0.137. The maximum Gasteiger partial charge on any atom is 0.417 e. The van der Waals surface area contributed by atoms with Crippen LogP contribution in [0.3, 0.4) is 0 Å². The van der Waals surface area contributed by atoms with E-state index in [4.69, 9.17) is 32.2 Å². The fourth-order valence-corrected chi connectivity index (χ4v) is 4.65. The van der Waals surface area contributed by atoms with Crippen LogP contribution in [0.5, 0.6) is 0 Å². The van der Waals surface area contributed by atoms with E-state index >= 15 is 0 Å². The minimum atomic E-state index is -4.54. The third kappa shape index (κ3) is 5.69. The number of alkyl halides is 3. The van der Waals surface area contributed by atoms with Gasteiger partial charge in [-0.1, -0.05) is 29.3 Å².